The van der Waals surface area contributed by atoms with Crippen LogP contribution in [0.2, 0.25) is 5.02 Å². The Hall–Kier alpha value is -2.72. The first-order valence-electron chi connectivity index (χ1n) is 11.4. The Balaban J connectivity index is 2.11. The van der Waals surface area contributed by atoms with Gasteiger partial charge in [-0.3, -0.25) is 0 Å². The van der Waals surface area contributed by atoms with Crippen molar-refractivity contribution in [2.45, 2.75) is 33.8 Å². The summed E-state index contributed by atoms with van der Waals surface area (Å²) in [6.07, 6.45) is -0.670. The van der Waals surface area contributed by atoms with Crippen molar-refractivity contribution >= 4 is 28.7 Å². The van der Waals surface area contributed by atoms with Crippen molar-refractivity contribution in [3.05, 3.63) is 40.2 Å². The molecule has 1 aromatic heterocycles. The molecular formula is C25H34ClN5O4. The van der Waals surface area contributed by atoms with Crippen LogP contribution in [-0.2, 0) is 0 Å². The average molecular weight is 504 g/mol. The van der Waals surface area contributed by atoms with Crippen molar-refractivity contribution < 1.29 is 20.1 Å². The third-order valence-electron chi connectivity index (χ3n) is 5.98. The van der Waals surface area contributed by atoms with Gasteiger partial charge in [-0.25, -0.2) is 9.97 Å². The molecule has 0 aliphatic carbocycles. The number of aromatic nitrogens is 2. The monoisotopic (exact) mass is 503 g/mol. The Morgan fingerprint density at radius 3 is 2.57 bits per heavy atom. The van der Waals surface area contributed by atoms with Gasteiger partial charge < -0.3 is 35.7 Å². The Labute approximate surface area is 211 Å². The van der Waals surface area contributed by atoms with E-state index in [4.69, 9.17) is 31.7 Å². The molecule has 35 heavy (non-hydrogen) atoms. The van der Waals surface area contributed by atoms with E-state index in [1.165, 1.54) is 6.92 Å². The maximum atomic E-state index is 10.4. The number of halogens is 1. The lowest BCUT2D eigenvalue weighted by atomic mass is 9.82. The van der Waals surface area contributed by atoms with E-state index < -0.39 is 6.10 Å². The number of nitrogens with zero attached hydrogens (tertiary/aromatic N) is 3. The number of hydrogen-bond acceptors (Lipinski definition) is 9. The predicted octanol–water partition coefficient (Wildman–Crippen LogP) is 3.21. The largest absolute Gasteiger partial charge is 0.512 e. The molecule has 2 heterocycles. The molecule has 0 radical (unpaired) electrons. The van der Waals surface area contributed by atoms with Crippen molar-refractivity contribution in [1.29, 1.82) is 5.41 Å². The molecular weight excluding hydrogens is 470 g/mol. The van der Waals surface area contributed by atoms with E-state index >= 15 is 0 Å². The number of hydrogen-bond donors (Lipinski definition) is 5. The van der Waals surface area contributed by atoms with E-state index in [0.717, 1.165) is 5.56 Å². The van der Waals surface area contributed by atoms with Crippen LogP contribution in [0.5, 0.6) is 5.75 Å². The first-order valence-corrected chi connectivity index (χ1v) is 11.8. The molecule has 0 unspecified atom stereocenters. The fraction of sp³-hybridized carbons (Fsp3) is 0.480. The Morgan fingerprint density at radius 1 is 1.31 bits per heavy atom. The maximum Gasteiger partial charge on any atom is 0.163 e. The molecule has 1 saturated heterocycles. The lowest BCUT2D eigenvalue weighted by Gasteiger charge is -2.48. The van der Waals surface area contributed by atoms with Crippen LogP contribution in [-0.4, -0.2) is 77.0 Å². The maximum absolute atomic E-state index is 10.4. The SMILES string of the molecule is CNC[C@@H](O)COc1ccc(Cl)c(-c2nc(/C(C(C)=N)=C(\C)O)c(C)c(N3CC(C)(CO)C3)n2)c1. The minimum Gasteiger partial charge on any atom is -0.512 e. The lowest BCUT2D eigenvalue weighted by Crippen LogP contribution is -2.57. The topological polar surface area (TPSA) is 135 Å². The van der Waals surface area contributed by atoms with Crippen LogP contribution in [0.1, 0.15) is 32.0 Å². The Kier molecular flexibility index (Phi) is 8.38. The van der Waals surface area contributed by atoms with E-state index in [1.54, 1.807) is 32.2 Å². The molecule has 1 fully saturated rings. The molecule has 0 amide bonds. The number of rotatable bonds is 10. The number of aliphatic hydroxyl groups excluding tert-OH is 3. The third kappa shape index (κ3) is 5.92. The molecule has 0 saturated carbocycles. The number of allylic oxidation sites excluding steroid dienone is 2. The zero-order valence-corrected chi connectivity index (χ0v) is 21.6. The van der Waals surface area contributed by atoms with Gasteiger partial charge in [0, 0.05) is 41.9 Å². The molecule has 3 rings (SSSR count). The van der Waals surface area contributed by atoms with Gasteiger partial charge in [-0.15, -0.1) is 0 Å². The Bertz CT molecular complexity index is 1130. The normalized spacial score (nSPS) is 16.4. The summed E-state index contributed by atoms with van der Waals surface area (Å²) in [5, 5.41) is 41.6. The molecule has 1 aliphatic heterocycles. The van der Waals surface area contributed by atoms with E-state index in [1.807, 2.05) is 18.7 Å². The number of benzene rings is 1. The van der Waals surface area contributed by atoms with Crippen LogP contribution in [0, 0.1) is 17.7 Å². The summed E-state index contributed by atoms with van der Waals surface area (Å²) in [4.78, 5) is 11.6. The zero-order chi connectivity index (χ0) is 25.9. The second-order valence-electron chi connectivity index (χ2n) is 9.42. The van der Waals surface area contributed by atoms with Crippen molar-refractivity contribution in [1.82, 2.24) is 15.3 Å². The first-order chi connectivity index (χ1) is 16.5. The van der Waals surface area contributed by atoms with Crippen LogP contribution < -0.4 is 15.0 Å². The van der Waals surface area contributed by atoms with E-state index in [0.29, 0.717) is 58.9 Å². The highest BCUT2D eigenvalue weighted by molar-refractivity contribution is 6.33. The number of aliphatic hydroxyl groups is 3. The van der Waals surface area contributed by atoms with E-state index in [-0.39, 0.29) is 30.1 Å². The second kappa shape index (κ2) is 10.9. The minimum atomic E-state index is -0.670. The van der Waals surface area contributed by atoms with E-state index in [2.05, 4.69) is 5.32 Å². The number of nitrogens with one attached hydrogen (secondary N) is 2. The van der Waals surface area contributed by atoms with Gasteiger partial charge >= 0.3 is 0 Å². The highest BCUT2D eigenvalue weighted by atomic mass is 35.5. The van der Waals surface area contributed by atoms with Crippen molar-refractivity contribution in [3.63, 3.8) is 0 Å². The highest BCUT2D eigenvalue weighted by Crippen LogP contribution is 2.39. The molecule has 0 bridgehead atoms. The molecule has 9 nitrogen and oxygen atoms in total. The summed E-state index contributed by atoms with van der Waals surface area (Å²) in [6, 6.07) is 5.11. The molecule has 10 heteroatoms. The predicted molar refractivity (Wildman–Crippen MR) is 139 cm³/mol. The van der Waals surface area contributed by atoms with Gasteiger partial charge in [0.15, 0.2) is 5.82 Å². The number of likely N-dealkylation sites (N-methyl/N-ethyl adjacent to an activating group) is 1. The van der Waals surface area contributed by atoms with Crippen LogP contribution in [0.3, 0.4) is 0 Å². The van der Waals surface area contributed by atoms with Crippen LogP contribution in [0.4, 0.5) is 5.82 Å². The summed E-state index contributed by atoms with van der Waals surface area (Å²) in [7, 11) is 1.75. The Morgan fingerprint density at radius 2 is 2.00 bits per heavy atom. The van der Waals surface area contributed by atoms with Crippen molar-refractivity contribution in [2.75, 3.05) is 44.8 Å². The van der Waals surface area contributed by atoms with Gasteiger partial charge in [-0.05, 0) is 46.0 Å². The van der Waals surface area contributed by atoms with Gasteiger partial charge in [-0.1, -0.05) is 18.5 Å². The van der Waals surface area contributed by atoms with Crippen molar-refractivity contribution in [2.24, 2.45) is 5.41 Å². The van der Waals surface area contributed by atoms with Crippen LogP contribution in [0.15, 0.2) is 24.0 Å². The number of ether oxygens (including phenoxy) is 1. The molecule has 1 aromatic carbocycles. The number of anilines is 1. The molecule has 0 spiro atoms. The van der Waals surface area contributed by atoms with Crippen LogP contribution in [0.25, 0.3) is 17.0 Å². The lowest BCUT2D eigenvalue weighted by molar-refractivity contribution is 0.108. The van der Waals surface area contributed by atoms with Gasteiger partial charge in [-0.2, -0.15) is 0 Å². The van der Waals surface area contributed by atoms with Gasteiger partial charge in [0.25, 0.3) is 0 Å². The van der Waals surface area contributed by atoms with Gasteiger partial charge in [0.1, 0.15) is 30.0 Å². The van der Waals surface area contributed by atoms with Gasteiger partial charge in [0.05, 0.1) is 22.9 Å². The van der Waals surface area contributed by atoms with E-state index in [9.17, 15) is 15.3 Å². The first kappa shape index (κ1) is 26.9. The second-order valence-corrected chi connectivity index (χ2v) is 9.83. The highest BCUT2D eigenvalue weighted by Gasteiger charge is 2.40. The minimum absolute atomic E-state index is 0.0123. The molecule has 2 aromatic rings. The quantitative estimate of drug-likeness (QED) is 0.246. The standard InChI is InChI=1S/C25H34ClN5O4/c1-14-22(21(15(2)27)16(3)33)29-23(30-24(14)31-11-25(4,12-31)13-32)19-8-18(6-7-20(19)26)35-10-17(34)9-28-5/h6-8,17,27-28,32-34H,9-13H2,1-5H3/b21-16+,27-15?/t17-/m1/s1. The summed E-state index contributed by atoms with van der Waals surface area (Å²) in [5.41, 5.74) is 1.98. The fourth-order valence-corrected chi connectivity index (χ4v) is 4.38. The summed E-state index contributed by atoms with van der Waals surface area (Å²) in [5.74, 6) is 1.47. The molecule has 5 N–H and O–H groups in total. The zero-order valence-electron chi connectivity index (χ0n) is 20.8. The molecule has 1 aliphatic rings. The van der Waals surface area contributed by atoms with Gasteiger partial charge in [0.2, 0.25) is 0 Å². The third-order valence-corrected chi connectivity index (χ3v) is 6.31. The molecule has 1 atom stereocenters. The smallest absolute Gasteiger partial charge is 0.163 e. The van der Waals surface area contributed by atoms with Crippen LogP contribution >= 0.6 is 11.6 Å². The summed E-state index contributed by atoms with van der Waals surface area (Å²) < 4.78 is 5.74. The average Bonchev–Trinajstić information content (AvgIpc) is 2.77. The summed E-state index contributed by atoms with van der Waals surface area (Å²) in [6.45, 7) is 8.78. The summed E-state index contributed by atoms with van der Waals surface area (Å²) >= 11 is 6.54. The van der Waals surface area contributed by atoms with Crippen molar-refractivity contribution in [3.8, 4) is 17.1 Å². The fourth-order valence-electron chi connectivity index (χ4n) is 4.17. The molecule has 190 valence electrons.